The van der Waals surface area contributed by atoms with E-state index in [4.69, 9.17) is 5.73 Å². The zero-order chi connectivity index (χ0) is 27.8. The van der Waals surface area contributed by atoms with E-state index in [0.717, 1.165) is 16.3 Å². The maximum absolute atomic E-state index is 16.1. The highest BCUT2D eigenvalue weighted by atomic mass is 19.1. The first-order valence-corrected chi connectivity index (χ1v) is 11.8. The van der Waals surface area contributed by atoms with Crippen molar-refractivity contribution in [3.63, 3.8) is 0 Å². The molecule has 2 aromatic heterocycles. The predicted octanol–water partition coefficient (Wildman–Crippen LogP) is 5.20. The Balaban J connectivity index is 1.67. The third-order valence-electron chi connectivity index (χ3n) is 6.24. The first kappa shape index (κ1) is 25.6. The lowest BCUT2D eigenvalue weighted by Crippen LogP contribution is -2.12. The van der Waals surface area contributed by atoms with Gasteiger partial charge in [0.25, 0.3) is 5.91 Å². The summed E-state index contributed by atoms with van der Waals surface area (Å²) in [5.41, 5.74) is 6.86. The maximum Gasteiger partial charge on any atom is 0.269 e. The van der Waals surface area contributed by atoms with Crippen molar-refractivity contribution in [1.82, 2.24) is 19.7 Å². The van der Waals surface area contributed by atoms with Gasteiger partial charge in [-0.25, -0.2) is 17.9 Å². The molecule has 0 radical (unpaired) electrons. The summed E-state index contributed by atoms with van der Waals surface area (Å²) in [5.74, 6) is -3.22. The Kier molecular flexibility index (Phi) is 6.60. The number of aromatic nitrogens is 3. The van der Waals surface area contributed by atoms with E-state index in [2.05, 4.69) is 10.1 Å². The van der Waals surface area contributed by atoms with E-state index in [-0.39, 0.29) is 39.0 Å². The van der Waals surface area contributed by atoms with Gasteiger partial charge >= 0.3 is 0 Å². The Morgan fingerprint density at radius 1 is 1.03 bits per heavy atom. The minimum absolute atomic E-state index is 0.0200. The van der Waals surface area contributed by atoms with Crippen LogP contribution >= 0.6 is 0 Å². The van der Waals surface area contributed by atoms with E-state index < -0.39 is 23.4 Å². The van der Waals surface area contributed by atoms with Gasteiger partial charge in [-0.3, -0.25) is 9.78 Å². The standard InChI is InChI=1S/C29H21F3N6O/c1-37(2)15-17-4-3-11-35-26(17)16-5-7-20(24(31)13-16)21-8-9-22-27(29(34)39)36-38(28(22)25(21)32)19-6-10-23(30)18(12-19)14-33/h3-13H,15H2,1-2H3,(H2,34,39). The van der Waals surface area contributed by atoms with Crippen molar-refractivity contribution < 1.29 is 18.0 Å². The number of primary amides is 1. The Morgan fingerprint density at radius 3 is 2.49 bits per heavy atom. The summed E-state index contributed by atoms with van der Waals surface area (Å²) in [6, 6.07) is 16.1. The molecule has 0 atom stereocenters. The highest BCUT2D eigenvalue weighted by molar-refractivity contribution is 6.05. The number of nitrogens with zero attached hydrogens (tertiary/aromatic N) is 5. The Morgan fingerprint density at radius 2 is 1.79 bits per heavy atom. The molecule has 0 aliphatic heterocycles. The molecule has 5 rings (SSSR count). The van der Waals surface area contributed by atoms with Gasteiger partial charge in [0, 0.05) is 34.8 Å². The van der Waals surface area contributed by atoms with Gasteiger partial charge in [0.1, 0.15) is 23.2 Å². The number of nitrogens with two attached hydrogens (primary N) is 1. The number of benzene rings is 3. The van der Waals surface area contributed by atoms with Crippen LogP contribution in [0.4, 0.5) is 13.2 Å². The van der Waals surface area contributed by atoms with Crippen molar-refractivity contribution in [2.24, 2.45) is 5.73 Å². The second-order valence-corrected chi connectivity index (χ2v) is 9.17. The van der Waals surface area contributed by atoms with Gasteiger partial charge in [-0.2, -0.15) is 10.4 Å². The average molecular weight is 527 g/mol. The van der Waals surface area contributed by atoms with Crippen molar-refractivity contribution in [3.8, 4) is 34.1 Å². The van der Waals surface area contributed by atoms with Gasteiger partial charge in [-0.15, -0.1) is 0 Å². The zero-order valence-corrected chi connectivity index (χ0v) is 20.9. The molecule has 0 fully saturated rings. The van der Waals surface area contributed by atoms with Crippen molar-refractivity contribution in [2.75, 3.05) is 14.1 Å². The number of carbonyl (C=O) groups is 1. The highest BCUT2D eigenvalue weighted by Gasteiger charge is 2.23. The number of halogens is 3. The largest absolute Gasteiger partial charge is 0.364 e. The summed E-state index contributed by atoms with van der Waals surface area (Å²) in [7, 11) is 3.83. The summed E-state index contributed by atoms with van der Waals surface area (Å²) in [6.45, 7) is 0.598. The quantitative estimate of drug-likeness (QED) is 0.328. The van der Waals surface area contributed by atoms with Crippen LogP contribution in [0.25, 0.3) is 39.0 Å². The minimum Gasteiger partial charge on any atom is -0.364 e. The van der Waals surface area contributed by atoms with Gasteiger partial charge in [0.2, 0.25) is 0 Å². The first-order chi connectivity index (χ1) is 18.7. The summed E-state index contributed by atoms with van der Waals surface area (Å²) < 4.78 is 46.6. The number of nitriles is 1. The topological polar surface area (TPSA) is 101 Å². The smallest absolute Gasteiger partial charge is 0.269 e. The fraction of sp³-hybridized carbons (Fsp3) is 0.103. The molecule has 0 aliphatic rings. The van der Waals surface area contributed by atoms with Gasteiger partial charge in [-0.1, -0.05) is 24.3 Å². The lowest BCUT2D eigenvalue weighted by Gasteiger charge is -2.14. The van der Waals surface area contributed by atoms with Crippen LogP contribution < -0.4 is 5.73 Å². The SMILES string of the molecule is CN(C)Cc1cccnc1-c1ccc(-c2ccc3c(C(N)=O)nn(-c4ccc(F)c(C#N)c4)c3c2F)c(F)c1. The number of amides is 1. The van der Waals surface area contributed by atoms with Crippen LogP contribution in [0.3, 0.4) is 0 Å². The predicted molar refractivity (Wildman–Crippen MR) is 140 cm³/mol. The molecule has 0 saturated carbocycles. The van der Waals surface area contributed by atoms with E-state index in [1.807, 2.05) is 31.1 Å². The van der Waals surface area contributed by atoms with Crippen LogP contribution in [0.15, 0.2) is 66.9 Å². The van der Waals surface area contributed by atoms with Crippen LogP contribution in [-0.4, -0.2) is 39.7 Å². The van der Waals surface area contributed by atoms with Crippen LogP contribution in [0.5, 0.6) is 0 Å². The van der Waals surface area contributed by atoms with Gasteiger partial charge in [0.15, 0.2) is 11.5 Å². The Labute approximate surface area is 221 Å². The second-order valence-electron chi connectivity index (χ2n) is 9.17. The molecule has 10 heteroatoms. The molecule has 2 heterocycles. The van der Waals surface area contributed by atoms with Gasteiger partial charge < -0.3 is 10.6 Å². The number of hydrogen-bond donors (Lipinski definition) is 1. The molecule has 0 unspecified atom stereocenters. The van der Waals surface area contributed by atoms with E-state index in [1.165, 1.54) is 36.4 Å². The first-order valence-electron chi connectivity index (χ1n) is 11.8. The van der Waals surface area contributed by atoms with Crippen molar-refractivity contribution in [1.29, 1.82) is 5.26 Å². The molecule has 0 saturated heterocycles. The summed E-state index contributed by atoms with van der Waals surface area (Å²) >= 11 is 0. The molecule has 5 aromatic rings. The molecular weight excluding hydrogens is 505 g/mol. The second kappa shape index (κ2) is 10.0. The lowest BCUT2D eigenvalue weighted by molar-refractivity contribution is 0.0996. The fourth-order valence-corrected chi connectivity index (χ4v) is 4.52. The van der Waals surface area contributed by atoms with Crippen molar-refractivity contribution >= 4 is 16.8 Å². The van der Waals surface area contributed by atoms with Gasteiger partial charge in [0.05, 0.1) is 16.9 Å². The van der Waals surface area contributed by atoms with E-state index in [1.54, 1.807) is 18.3 Å². The number of rotatable bonds is 6. The van der Waals surface area contributed by atoms with Crippen LogP contribution in [0, 0.1) is 28.8 Å². The normalized spacial score (nSPS) is 11.2. The highest BCUT2D eigenvalue weighted by Crippen LogP contribution is 2.35. The summed E-state index contributed by atoms with van der Waals surface area (Å²) in [5, 5.41) is 13.4. The fourth-order valence-electron chi connectivity index (χ4n) is 4.52. The molecule has 3 aromatic carbocycles. The molecule has 0 bridgehead atoms. The van der Waals surface area contributed by atoms with Crippen LogP contribution in [-0.2, 0) is 6.54 Å². The summed E-state index contributed by atoms with van der Waals surface area (Å²) in [6.07, 6.45) is 1.62. The summed E-state index contributed by atoms with van der Waals surface area (Å²) in [4.78, 5) is 18.5. The third kappa shape index (κ3) is 4.60. The lowest BCUT2D eigenvalue weighted by atomic mass is 9.98. The average Bonchev–Trinajstić information content (AvgIpc) is 3.30. The van der Waals surface area contributed by atoms with E-state index in [9.17, 15) is 14.4 Å². The maximum atomic E-state index is 16.1. The molecule has 39 heavy (non-hydrogen) atoms. The molecule has 0 spiro atoms. The van der Waals surface area contributed by atoms with Crippen LogP contribution in [0.2, 0.25) is 0 Å². The molecule has 1 amide bonds. The number of pyridine rings is 1. The van der Waals surface area contributed by atoms with Gasteiger partial charge in [-0.05, 0) is 56.1 Å². The molecule has 194 valence electrons. The number of hydrogen-bond acceptors (Lipinski definition) is 5. The third-order valence-corrected chi connectivity index (χ3v) is 6.24. The number of fused-ring (bicyclic) bond motifs is 1. The monoisotopic (exact) mass is 526 g/mol. The van der Waals surface area contributed by atoms with E-state index >= 15 is 8.78 Å². The van der Waals surface area contributed by atoms with Crippen molar-refractivity contribution in [2.45, 2.75) is 6.54 Å². The molecule has 0 aliphatic carbocycles. The van der Waals surface area contributed by atoms with Crippen LogP contribution in [0.1, 0.15) is 21.6 Å². The minimum atomic E-state index is -0.909. The van der Waals surface area contributed by atoms with Crippen molar-refractivity contribution in [3.05, 3.63) is 101 Å². The zero-order valence-electron chi connectivity index (χ0n) is 20.9. The molecular formula is C29H21F3N6O. The van der Waals surface area contributed by atoms with E-state index in [0.29, 0.717) is 17.8 Å². The molecule has 7 nitrogen and oxygen atoms in total. The Hall–Kier alpha value is -5.01. The number of carbonyl (C=O) groups excluding carboxylic acids is 1. The Bertz CT molecular complexity index is 1810. The molecule has 2 N–H and O–H groups in total.